The van der Waals surface area contributed by atoms with E-state index in [-0.39, 0.29) is 0 Å². The second-order valence-corrected chi connectivity index (χ2v) is 4.70. The lowest BCUT2D eigenvalue weighted by atomic mass is 10.5. The SMILES string of the molecule is CN(C)c1nc(-c2nnc(N)s2)cs1. The summed E-state index contributed by atoms with van der Waals surface area (Å²) in [7, 11) is 3.91. The Morgan fingerprint density at radius 3 is 2.64 bits per heavy atom. The van der Waals surface area contributed by atoms with Gasteiger partial charge in [-0.1, -0.05) is 11.3 Å². The fourth-order valence-corrected chi connectivity index (χ4v) is 2.29. The molecule has 0 fully saturated rings. The Morgan fingerprint density at radius 1 is 1.36 bits per heavy atom. The molecule has 0 amide bonds. The zero-order valence-corrected chi connectivity index (χ0v) is 9.39. The van der Waals surface area contributed by atoms with Crippen LogP contribution in [0.2, 0.25) is 0 Å². The van der Waals surface area contributed by atoms with Gasteiger partial charge < -0.3 is 10.6 Å². The Morgan fingerprint density at radius 2 is 2.14 bits per heavy atom. The van der Waals surface area contributed by atoms with Crippen LogP contribution in [0.15, 0.2) is 5.38 Å². The van der Waals surface area contributed by atoms with Crippen LogP contribution < -0.4 is 10.6 Å². The van der Waals surface area contributed by atoms with Crippen molar-refractivity contribution < 1.29 is 0 Å². The number of nitrogen functional groups attached to an aromatic ring is 1. The van der Waals surface area contributed by atoms with E-state index in [9.17, 15) is 0 Å². The standard InChI is InChI=1S/C7H9N5S2/c1-12(2)7-9-4(3-13-7)5-10-11-6(8)14-5/h3H,1-2H3,(H2,8,11). The van der Waals surface area contributed by atoms with Crippen molar-refractivity contribution in [2.45, 2.75) is 0 Å². The van der Waals surface area contributed by atoms with Crippen molar-refractivity contribution in [1.82, 2.24) is 15.2 Å². The largest absolute Gasteiger partial charge is 0.374 e. The first-order valence-electron chi connectivity index (χ1n) is 3.89. The smallest absolute Gasteiger partial charge is 0.203 e. The molecule has 0 atom stereocenters. The van der Waals surface area contributed by atoms with Gasteiger partial charge in [-0.05, 0) is 0 Å². The highest BCUT2D eigenvalue weighted by atomic mass is 32.1. The van der Waals surface area contributed by atoms with E-state index in [2.05, 4.69) is 15.2 Å². The molecule has 0 spiro atoms. The van der Waals surface area contributed by atoms with Crippen molar-refractivity contribution in [3.05, 3.63) is 5.38 Å². The van der Waals surface area contributed by atoms with Crippen LogP contribution in [0.3, 0.4) is 0 Å². The summed E-state index contributed by atoms with van der Waals surface area (Å²) in [6.07, 6.45) is 0. The van der Waals surface area contributed by atoms with Gasteiger partial charge in [0.2, 0.25) is 5.13 Å². The van der Waals surface area contributed by atoms with Crippen LogP contribution in [0.25, 0.3) is 10.7 Å². The van der Waals surface area contributed by atoms with Crippen molar-refractivity contribution in [2.24, 2.45) is 0 Å². The predicted molar refractivity (Wildman–Crippen MR) is 59.8 cm³/mol. The maximum atomic E-state index is 5.49. The van der Waals surface area contributed by atoms with Crippen LogP contribution in [0.5, 0.6) is 0 Å². The minimum absolute atomic E-state index is 0.472. The lowest BCUT2D eigenvalue weighted by molar-refractivity contribution is 1.08. The molecule has 0 aliphatic heterocycles. The Balaban J connectivity index is 2.33. The lowest BCUT2D eigenvalue weighted by Crippen LogP contribution is -2.07. The maximum absolute atomic E-state index is 5.49. The Labute approximate surface area is 89.2 Å². The van der Waals surface area contributed by atoms with E-state index in [0.29, 0.717) is 5.13 Å². The fourth-order valence-electron chi connectivity index (χ4n) is 0.906. The van der Waals surface area contributed by atoms with Crippen molar-refractivity contribution in [2.75, 3.05) is 24.7 Å². The first-order chi connectivity index (χ1) is 6.66. The number of anilines is 2. The van der Waals surface area contributed by atoms with Crippen LogP contribution in [0.4, 0.5) is 10.3 Å². The lowest BCUT2D eigenvalue weighted by Gasteiger charge is -2.04. The Kier molecular flexibility index (Phi) is 2.34. The molecule has 0 bridgehead atoms. The number of hydrogen-bond donors (Lipinski definition) is 1. The van der Waals surface area contributed by atoms with E-state index >= 15 is 0 Å². The Hall–Kier alpha value is -1.21. The molecule has 74 valence electrons. The van der Waals surface area contributed by atoms with E-state index in [0.717, 1.165) is 15.8 Å². The number of rotatable bonds is 2. The summed E-state index contributed by atoms with van der Waals surface area (Å²) in [6.45, 7) is 0. The van der Waals surface area contributed by atoms with Crippen molar-refractivity contribution in [3.8, 4) is 10.7 Å². The molecule has 5 nitrogen and oxygen atoms in total. The molecule has 0 unspecified atom stereocenters. The highest BCUT2D eigenvalue weighted by Gasteiger charge is 2.09. The quantitative estimate of drug-likeness (QED) is 0.837. The second-order valence-electron chi connectivity index (χ2n) is 2.86. The van der Waals surface area contributed by atoms with Gasteiger partial charge >= 0.3 is 0 Å². The minimum atomic E-state index is 0.472. The van der Waals surface area contributed by atoms with Crippen LogP contribution in [-0.2, 0) is 0 Å². The summed E-state index contributed by atoms with van der Waals surface area (Å²) in [4.78, 5) is 6.35. The van der Waals surface area contributed by atoms with Gasteiger partial charge in [-0.3, -0.25) is 0 Å². The molecule has 0 aliphatic carbocycles. The highest BCUT2D eigenvalue weighted by Crippen LogP contribution is 2.28. The summed E-state index contributed by atoms with van der Waals surface area (Å²) in [5, 5.41) is 11.8. The molecule has 0 radical (unpaired) electrons. The van der Waals surface area contributed by atoms with E-state index in [1.165, 1.54) is 11.3 Å². The van der Waals surface area contributed by atoms with Gasteiger partial charge in [-0.15, -0.1) is 21.5 Å². The number of thiazole rings is 1. The highest BCUT2D eigenvalue weighted by molar-refractivity contribution is 7.19. The van der Waals surface area contributed by atoms with Gasteiger partial charge in [0.05, 0.1) is 0 Å². The summed E-state index contributed by atoms with van der Waals surface area (Å²) in [5.74, 6) is 0. The molecular weight excluding hydrogens is 218 g/mol. The molecule has 7 heteroatoms. The van der Waals surface area contributed by atoms with Crippen LogP contribution in [-0.4, -0.2) is 29.3 Å². The average molecular weight is 227 g/mol. The Bertz CT molecular complexity index is 433. The maximum Gasteiger partial charge on any atom is 0.203 e. The molecule has 2 aromatic heterocycles. The van der Waals surface area contributed by atoms with Gasteiger partial charge in [0, 0.05) is 19.5 Å². The van der Waals surface area contributed by atoms with Gasteiger partial charge in [0.15, 0.2) is 10.1 Å². The van der Waals surface area contributed by atoms with Gasteiger partial charge in [0.25, 0.3) is 0 Å². The zero-order valence-electron chi connectivity index (χ0n) is 7.76. The molecule has 2 heterocycles. The minimum Gasteiger partial charge on any atom is -0.374 e. The van der Waals surface area contributed by atoms with Crippen LogP contribution >= 0.6 is 22.7 Å². The third-order valence-corrected chi connectivity index (χ3v) is 3.32. The number of nitrogens with two attached hydrogens (primary N) is 1. The first kappa shape index (κ1) is 9.35. The normalized spacial score (nSPS) is 10.4. The number of aromatic nitrogens is 3. The molecule has 0 aromatic carbocycles. The molecule has 0 saturated heterocycles. The monoisotopic (exact) mass is 227 g/mol. The third kappa shape index (κ3) is 1.68. The number of nitrogens with zero attached hydrogens (tertiary/aromatic N) is 4. The summed E-state index contributed by atoms with van der Waals surface area (Å²) in [5.41, 5.74) is 6.33. The summed E-state index contributed by atoms with van der Waals surface area (Å²) >= 11 is 2.92. The topological polar surface area (TPSA) is 67.9 Å². The predicted octanol–water partition coefficient (Wildman–Crippen LogP) is 1.31. The second kappa shape index (κ2) is 3.50. The average Bonchev–Trinajstić information content (AvgIpc) is 2.70. The summed E-state index contributed by atoms with van der Waals surface area (Å²) < 4.78 is 0. The van der Waals surface area contributed by atoms with Crippen molar-refractivity contribution >= 4 is 32.9 Å². The van der Waals surface area contributed by atoms with Crippen molar-refractivity contribution in [3.63, 3.8) is 0 Å². The van der Waals surface area contributed by atoms with Crippen molar-refractivity contribution in [1.29, 1.82) is 0 Å². The third-order valence-electron chi connectivity index (χ3n) is 1.53. The molecule has 0 aliphatic rings. The first-order valence-corrected chi connectivity index (χ1v) is 5.58. The van der Waals surface area contributed by atoms with E-state index < -0.39 is 0 Å². The molecule has 2 N–H and O–H groups in total. The van der Waals surface area contributed by atoms with Gasteiger partial charge in [-0.25, -0.2) is 4.98 Å². The zero-order chi connectivity index (χ0) is 10.1. The molecule has 14 heavy (non-hydrogen) atoms. The van der Waals surface area contributed by atoms with Crippen LogP contribution in [0, 0.1) is 0 Å². The van der Waals surface area contributed by atoms with Crippen LogP contribution in [0.1, 0.15) is 0 Å². The van der Waals surface area contributed by atoms with Gasteiger partial charge in [0.1, 0.15) is 5.69 Å². The van der Waals surface area contributed by atoms with E-state index in [1.807, 2.05) is 24.4 Å². The molecule has 0 saturated carbocycles. The summed E-state index contributed by atoms with van der Waals surface area (Å²) in [6, 6.07) is 0. The molecule has 2 aromatic rings. The van der Waals surface area contributed by atoms with E-state index in [1.54, 1.807) is 11.3 Å². The van der Waals surface area contributed by atoms with Gasteiger partial charge in [-0.2, -0.15) is 0 Å². The van der Waals surface area contributed by atoms with E-state index in [4.69, 9.17) is 5.73 Å². The molecule has 2 rings (SSSR count). The fraction of sp³-hybridized carbons (Fsp3) is 0.286. The molecular formula is C7H9N5S2. The number of hydrogen-bond acceptors (Lipinski definition) is 7.